The second-order valence-electron chi connectivity index (χ2n) is 10.2. The number of alkyl halides is 2. The third-order valence-corrected chi connectivity index (χ3v) is 7.98. The fraction of sp³-hybridized carbons (Fsp3) is 0.519. The minimum atomic E-state index is -2.30. The van der Waals surface area contributed by atoms with Gasteiger partial charge >= 0.3 is 0 Å². The van der Waals surface area contributed by atoms with Crippen LogP contribution in [0, 0.1) is 5.92 Å². The predicted molar refractivity (Wildman–Crippen MR) is 133 cm³/mol. The van der Waals surface area contributed by atoms with Gasteiger partial charge in [0.05, 0.1) is 11.7 Å². The van der Waals surface area contributed by atoms with Crippen LogP contribution in [0.15, 0.2) is 30.5 Å². The molecule has 3 aromatic rings. The van der Waals surface area contributed by atoms with E-state index in [1.807, 2.05) is 34.2 Å². The molecule has 36 heavy (non-hydrogen) atoms. The second kappa shape index (κ2) is 9.42. The summed E-state index contributed by atoms with van der Waals surface area (Å²) in [7, 11) is 0. The molecule has 3 aliphatic heterocycles. The zero-order valence-corrected chi connectivity index (χ0v) is 20.5. The number of amides is 1. The lowest BCUT2D eigenvalue weighted by atomic mass is 9.97. The summed E-state index contributed by atoms with van der Waals surface area (Å²) in [4.78, 5) is 20.8. The number of aromatic nitrogens is 3. The van der Waals surface area contributed by atoms with E-state index in [0.29, 0.717) is 38.6 Å². The molecule has 0 N–H and O–H groups in total. The van der Waals surface area contributed by atoms with Crippen LogP contribution in [0.4, 0.5) is 14.6 Å². The van der Waals surface area contributed by atoms with Crippen LogP contribution in [0.1, 0.15) is 43.5 Å². The van der Waals surface area contributed by atoms with Crippen LogP contribution in [-0.2, 0) is 22.5 Å². The lowest BCUT2D eigenvalue weighted by molar-refractivity contribution is -0.129. The summed E-state index contributed by atoms with van der Waals surface area (Å²) in [5, 5.41) is 7.14. The molecule has 5 heterocycles. The summed E-state index contributed by atoms with van der Waals surface area (Å²) in [5.74, 6) is 0.210. The van der Waals surface area contributed by atoms with Gasteiger partial charge in [0.1, 0.15) is 5.82 Å². The van der Waals surface area contributed by atoms with Gasteiger partial charge in [-0.15, -0.1) is 0 Å². The number of ether oxygens (including phenoxy) is 1. The Bertz CT molecular complexity index is 1290. The predicted octanol–water partition coefficient (Wildman–Crippen LogP) is 4.45. The Balaban J connectivity index is 1.41. The van der Waals surface area contributed by atoms with E-state index in [1.165, 1.54) is 5.69 Å². The lowest BCUT2D eigenvalue weighted by Gasteiger charge is -2.29. The van der Waals surface area contributed by atoms with Crippen LogP contribution in [0.25, 0.3) is 22.0 Å². The number of rotatable bonds is 4. The Morgan fingerprint density at radius 3 is 2.75 bits per heavy atom. The van der Waals surface area contributed by atoms with Crippen LogP contribution in [0.5, 0.6) is 0 Å². The van der Waals surface area contributed by atoms with Crippen molar-refractivity contribution in [3.63, 3.8) is 0 Å². The first kappa shape index (κ1) is 23.3. The van der Waals surface area contributed by atoms with E-state index in [0.717, 1.165) is 65.9 Å². The van der Waals surface area contributed by atoms with Gasteiger partial charge < -0.3 is 14.5 Å². The SMILES string of the molecule is CC(=O)N1CCc2c(c(-c3cccc4cc(N5CCC(C(F)F)C5)ncc34)nn2C2CCOCC2)C1. The molecule has 7 nitrogen and oxygen atoms in total. The van der Waals surface area contributed by atoms with Crippen LogP contribution in [-0.4, -0.2) is 64.8 Å². The number of benzene rings is 1. The van der Waals surface area contributed by atoms with E-state index in [-0.39, 0.29) is 5.91 Å². The van der Waals surface area contributed by atoms with Gasteiger partial charge in [0.2, 0.25) is 12.3 Å². The highest BCUT2D eigenvalue weighted by Gasteiger charge is 2.32. The number of carbonyl (C=O) groups excluding carboxylic acids is 1. The van der Waals surface area contributed by atoms with Gasteiger partial charge in [0.15, 0.2) is 0 Å². The van der Waals surface area contributed by atoms with E-state index < -0.39 is 12.3 Å². The fourth-order valence-corrected chi connectivity index (χ4v) is 5.90. The number of carbonyl (C=O) groups is 1. The zero-order chi connectivity index (χ0) is 24.8. The first-order chi connectivity index (χ1) is 17.5. The fourth-order valence-electron chi connectivity index (χ4n) is 5.90. The average Bonchev–Trinajstić information content (AvgIpc) is 3.54. The third kappa shape index (κ3) is 4.13. The highest BCUT2D eigenvalue weighted by atomic mass is 19.3. The molecular weight excluding hydrogens is 464 g/mol. The largest absolute Gasteiger partial charge is 0.381 e. The second-order valence-corrected chi connectivity index (χ2v) is 10.2. The molecule has 190 valence electrons. The van der Waals surface area contributed by atoms with Crippen molar-refractivity contribution in [2.45, 2.75) is 51.6 Å². The average molecular weight is 496 g/mol. The minimum absolute atomic E-state index is 0.0716. The van der Waals surface area contributed by atoms with E-state index >= 15 is 0 Å². The maximum absolute atomic E-state index is 13.2. The van der Waals surface area contributed by atoms with Crippen molar-refractivity contribution in [3.05, 3.63) is 41.7 Å². The number of fused-ring (bicyclic) bond motifs is 2. The molecule has 0 spiro atoms. The minimum Gasteiger partial charge on any atom is -0.381 e. The van der Waals surface area contributed by atoms with Crippen molar-refractivity contribution in [1.82, 2.24) is 19.7 Å². The van der Waals surface area contributed by atoms with Crippen molar-refractivity contribution in [2.24, 2.45) is 5.92 Å². The number of anilines is 1. The van der Waals surface area contributed by atoms with Crippen molar-refractivity contribution in [3.8, 4) is 11.3 Å². The van der Waals surface area contributed by atoms with E-state index in [4.69, 9.17) is 9.84 Å². The topological polar surface area (TPSA) is 63.5 Å². The number of pyridine rings is 1. The lowest BCUT2D eigenvalue weighted by Crippen LogP contribution is -2.35. The Hall–Kier alpha value is -3.07. The Kier molecular flexibility index (Phi) is 6.11. The number of nitrogens with zero attached hydrogens (tertiary/aromatic N) is 5. The maximum atomic E-state index is 13.2. The van der Waals surface area contributed by atoms with Crippen LogP contribution in [0.2, 0.25) is 0 Å². The Morgan fingerprint density at radius 2 is 2.00 bits per heavy atom. The normalized spacial score (nSPS) is 20.9. The molecule has 1 atom stereocenters. The smallest absolute Gasteiger partial charge is 0.243 e. The van der Waals surface area contributed by atoms with E-state index in [2.05, 4.69) is 15.7 Å². The molecule has 0 aliphatic carbocycles. The molecular formula is C27H31F2N5O2. The van der Waals surface area contributed by atoms with Gasteiger partial charge in [-0.3, -0.25) is 9.48 Å². The molecule has 6 rings (SSSR count). The first-order valence-electron chi connectivity index (χ1n) is 12.9. The summed E-state index contributed by atoms with van der Waals surface area (Å²) in [5.41, 5.74) is 4.22. The van der Waals surface area contributed by atoms with Gasteiger partial charge in [-0.05, 0) is 30.7 Å². The Labute approximate surface area is 209 Å². The van der Waals surface area contributed by atoms with Crippen molar-refractivity contribution in [1.29, 1.82) is 0 Å². The van der Waals surface area contributed by atoms with Gasteiger partial charge in [0.25, 0.3) is 0 Å². The van der Waals surface area contributed by atoms with Crippen molar-refractivity contribution < 1.29 is 18.3 Å². The summed E-state index contributed by atoms with van der Waals surface area (Å²) in [6.07, 6.45) is 2.68. The van der Waals surface area contributed by atoms with E-state index in [9.17, 15) is 13.6 Å². The van der Waals surface area contributed by atoms with Gasteiger partial charge in [0, 0.05) is 87.1 Å². The number of hydrogen-bond acceptors (Lipinski definition) is 5. The monoisotopic (exact) mass is 495 g/mol. The van der Waals surface area contributed by atoms with Crippen LogP contribution in [0.3, 0.4) is 0 Å². The first-order valence-corrected chi connectivity index (χ1v) is 12.9. The van der Waals surface area contributed by atoms with Gasteiger partial charge in [-0.25, -0.2) is 13.8 Å². The quantitative estimate of drug-likeness (QED) is 0.535. The third-order valence-electron chi connectivity index (χ3n) is 7.98. The molecule has 9 heteroatoms. The summed E-state index contributed by atoms with van der Waals surface area (Å²) >= 11 is 0. The molecule has 2 aromatic heterocycles. The van der Waals surface area contributed by atoms with Crippen molar-refractivity contribution in [2.75, 3.05) is 37.7 Å². The summed E-state index contributed by atoms with van der Waals surface area (Å²) in [6.45, 7) is 5.27. The summed E-state index contributed by atoms with van der Waals surface area (Å²) in [6, 6.07) is 8.41. The molecule has 3 aliphatic rings. The summed E-state index contributed by atoms with van der Waals surface area (Å²) < 4.78 is 34.2. The standard InChI is InChI=1S/C27H31F2N5O2/c1-17(35)32-10-6-24-23(16-32)26(31-34(24)20-7-11-36-12-8-20)21-4-2-3-18-13-25(30-14-22(18)21)33-9-5-19(15-33)27(28)29/h2-4,13-14,19-20,27H,5-12,15-16H2,1H3. The van der Waals surface area contributed by atoms with Crippen molar-refractivity contribution >= 4 is 22.5 Å². The molecule has 0 radical (unpaired) electrons. The highest BCUT2D eigenvalue weighted by Crippen LogP contribution is 2.38. The Morgan fingerprint density at radius 1 is 1.17 bits per heavy atom. The molecule has 2 fully saturated rings. The zero-order valence-electron chi connectivity index (χ0n) is 20.5. The molecule has 2 saturated heterocycles. The van der Waals surface area contributed by atoms with Gasteiger partial charge in [-0.1, -0.05) is 18.2 Å². The number of hydrogen-bond donors (Lipinski definition) is 0. The molecule has 0 bridgehead atoms. The maximum Gasteiger partial charge on any atom is 0.243 e. The van der Waals surface area contributed by atoms with E-state index in [1.54, 1.807) is 6.92 Å². The number of halogens is 2. The molecule has 1 amide bonds. The molecule has 1 aromatic carbocycles. The highest BCUT2D eigenvalue weighted by molar-refractivity contribution is 5.97. The van der Waals surface area contributed by atoms with Crippen LogP contribution >= 0.6 is 0 Å². The van der Waals surface area contributed by atoms with Crippen LogP contribution < -0.4 is 4.90 Å². The molecule has 1 unspecified atom stereocenters. The van der Waals surface area contributed by atoms with Gasteiger partial charge in [-0.2, -0.15) is 5.10 Å². The molecule has 0 saturated carbocycles.